The fourth-order valence-corrected chi connectivity index (χ4v) is 5.75. The number of carbonyl (C=O) groups is 2. The van der Waals surface area contributed by atoms with Crippen molar-refractivity contribution >= 4 is 27.5 Å². The number of carbonyl (C=O) groups excluding carboxylic acids is 2. The molecule has 0 spiro atoms. The van der Waals surface area contributed by atoms with Gasteiger partial charge in [0.05, 0.1) is 10.6 Å². The Morgan fingerprint density at radius 2 is 1.63 bits per heavy atom. The van der Waals surface area contributed by atoms with Crippen LogP contribution in [0, 0.1) is 12.7 Å². The van der Waals surface area contributed by atoms with Gasteiger partial charge in [0.15, 0.2) is 11.5 Å². The van der Waals surface area contributed by atoms with E-state index < -0.39 is 34.3 Å². The van der Waals surface area contributed by atoms with Crippen LogP contribution in [0.15, 0.2) is 71.6 Å². The molecule has 0 unspecified atom stereocenters. The summed E-state index contributed by atoms with van der Waals surface area (Å²) in [5, 5.41) is 2.81. The highest BCUT2D eigenvalue weighted by Crippen LogP contribution is 2.34. The lowest BCUT2D eigenvalue weighted by Gasteiger charge is -2.32. The zero-order valence-corrected chi connectivity index (χ0v) is 24.1. The molecule has 1 aliphatic heterocycles. The van der Waals surface area contributed by atoms with Gasteiger partial charge in [-0.2, -0.15) is 0 Å². The molecule has 0 saturated carbocycles. The molecule has 41 heavy (non-hydrogen) atoms. The highest BCUT2D eigenvalue weighted by molar-refractivity contribution is 7.92. The van der Waals surface area contributed by atoms with Crippen molar-refractivity contribution in [2.75, 3.05) is 30.6 Å². The zero-order valence-electron chi connectivity index (χ0n) is 23.3. The first-order valence-electron chi connectivity index (χ1n) is 13.4. The van der Waals surface area contributed by atoms with Crippen LogP contribution in [0.2, 0.25) is 0 Å². The molecule has 3 aromatic carbocycles. The first kappa shape index (κ1) is 29.9. The van der Waals surface area contributed by atoms with Crippen LogP contribution in [0.25, 0.3) is 0 Å². The fraction of sp³-hybridized carbons (Fsp3) is 0.333. The molecular formula is C30H34FN3O6S. The second kappa shape index (κ2) is 13.0. The molecule has 4 rings (SSSR count). The van der Waals surface area contributed by atoms with Crippen LogP contribution < -0.4 is 19.1 Å². The number of sulfonamides is 1. The lowest BCUT2D eigenvalue weighted by Crippen LogP contribution is -2.51. The summed E-state index contributed by atoms with van der Waals surface area (Å²) in [5.74, 6) is -0.829. The number of hydrogen-bond acceptors (Lipinski definition) is 6. The van der Waals surface area contributed by atoms with Gasteiger partial charge in [0.1, 0.15) is 31.6 Å². The van der Waals surface area contributed by atoms with E-state index >= 15 is 0 Å². The summed E-state index contributed by atoms with van der Waals surface area (Å²) in [7, 11) is -4.34. The predicted octanol–water partition coefficient (Wildman–Crippen LogP) is 4.04. The molecule has 1 aliphatic rings. The molecule has 218 valence electrons. The summed E-state index contributed by atoms with van der Waals surface area (Å²) in [5.41, 5.74) is 1.91. The summed E-state index contributed by atoms with van der Waals surface area (Å²) in [6.45, 7) is 5.98. The van der Waals surface area contributed by atoms with Gasteiger partial charge < -0.3 is 19.7 Å². The van der Waals surface area contributed by atoms with Crippen LogP contribution in [-0.4, -0.2) is 57.5 Å². The summed E-state index contributed by atoms with van der Waals surface area (Å²) >= 11 is 0. The van der Waals surface area contributed by atoms with E-state index in [-0.39, 0.29) is 35.4 Å². The molecule has 2 amide bonds. The predicted molar refractivity (Wildman–Crippen MR) is 153 cm³/mol. The van der Waals surface area contributed by atoms with Gasteiger partial charge in [-0.3, -0.25) is 13.9 Å². The second-order valence-electron chi connectivity index (χ2n) is 9.77. The fourth-order valence-electron chi connectivity index (χ4n) is 4.32. The number of anilines is 1. The second-order valence-corrected chi connectivity index (χ2v) is 11.6. The van der Waals surface area contributed by atoms with Crippen molar-refractivity contribution in [1.82, 2.24) is 10.2 Å². The van der Waals surface area contributed by atoms with Crippen molar-refractivity contribution in [2.45, 2.75) is 44.7 Å². The Hall–Kier alpha value is -4.12. The number of fused-ring (bicyclic) bond motifs is 1. The average molecular weight is 584 g/mol. The van der Waals surface area contributed by atoms with Gasteiger partial charge >= 0.3 is 0 Å². The van der Waals surface area contributed by atoms with Crippen LogP contribution >= 0.6 is 0 Å². The molecule has 0 aliphatic carbocycles. The molecule has 0 bridgehead atoms. The van der Waals surface area contributed by atoms with E-state index in [0.717, 1.165) is 34.0 Å². The third kappa shape index (κ3) is 7.15. The van der Waals surface area contributed by atoms with E-state index in [2.05, 4.69) is 5.32 Å². The van der Waals surface area contributed by atoms with Gasteiger partial charge in [-0.1, -0.05) is 36.8 Å². The van der Waals surface area contributed by atoms with Crippen LogP contribution in [0.3, 0.4) is 0 Å². The molecule has 1 heterocycles. The standard InChI is InChI=1S/C30H34FN3O6S/c1-4-15-32-30(36)22(3)33(19-23-7-5-21(2)6-8-23)29(35)20-34(25-11-9-24(31)10-12-25)41(37,38)26-13-14-27-28(18-26)40-17-16-39-27/h5-14,18,22H,4,15-17,19-20H2,1-3H3,(H,32,36)/t22-/m1/s1. The van der Waals surface area contributed by atoms with Gasteiger partial charge in [0, 0.05) is 19.2 Å². The zero-order chi connectivity index (χ0) is 29.6. The topological polar surface area (TPSA) is 105 Å². The van der Waals surface area contributed by atoms with Gasteiger partial charge in [0.25, 0.3) is 10.0 Å². The van der Waals surface area contributed by atoms with Crippen molar-refractivity contribution in [1.29, 1.82) is 0 Å². The number of hydrogen-bond donors (Lipinski definition) is 1. The van der Waals surface area contributed by atoms with E-state index in [0.29, 0.717) is 18.9 Å². The van der Waals surface area contributed by atoms with E-state index in [9.17, 15) is 22.4 Å². The minimum absolute atomic E-state index is 0.0845. The number of nitrogens with zero attached hydrogens (tertiary/aromatic N) is 2. The number of halogens is 1. The maximum atomic E-state index is 14.0. The van der Waals surface area contributed by atoms with Crippen LogP contribution in [0.5, 0.6) is 11.5 Å². The Morgan fingerprint density at radius 3 is 2.29 bits per heavy atom. The number of ether oxygens (including phenoxy) is 2. The average Bonchev–Trinajstić information content (AvgIpc) is 2.98. The van der Waals surface area contributed by atoms with Crippen molar-refractivity contribution in [3.8, 4) is 11.5 Å². The third-order valence-corrected chi connectivity index (χ3v) is 8.46. The highest BCUT2D eigenvalue weighted by atomic mass is 32.2. The Kier molecular flexibility index (Phi) is 9.49. The van der Waals surface area contributed by atoms with Crippen molar-refractivity contribution in [3.63, 3.8) is 0 Å². The van der Waals surface area contributed by atoms with Crippen molar-refractivity contribution < 1.29 is 31.9 Å². The molecule has 3 aromatic rings. The lowest BCUT2D eigenvalue weighted by molar-refractivity contribution is -0.139. The van der Waals surface area contributed by atoms with Crippen molar-refractivity contribution in [3.05, 3.63) is 83.7 Å². The number of amides is 2. The maximum absolute atomic E-state index is 14.0. The van der Waals surface area contributed by atoms with Crippen molar-refractivity contribution in [2.24, 2.45) is 0 Å². The summed E-state index contributed by atoms with van der Waals surface area (Å²) in [6, 6.07) is 15.7. The molecule has 0 aromatic heterocycles. The molecule has 11 heteroatoms. The maximum Gasteiger partial charge on any atom is 0.264 e. The minimum atomic E-state index is -4.34. The summed E-state index contributed by atoms with van der Waals surface area (Å²) in [4.78, 5) is 28.1. The molecular weight excluding hydrogens is 549 g/mol. The first-order chi connectivity index (χ1) is 19.6. The quantitative estimate of drug-likeness (QED) is 0.365. The van der Waals surface area contributed by atoms with E-state index in [1.165, 1.54) is 35.2 Å². The van der Waals surface area contributed by atoms with E-state index in [4.69, 9.17) is 9.47 Å². The molecule has 0 radical (unpaired) electrons. The first-order valence-corrected chi connectivity index (χ1v) is 14.8. The van der Waals surface area contributed by atoms with E-state index in [1.807, 2.05) is 38.1 Å². The number of aryl methyl sites for hydroxylation is 1. The van der Waals surface area contributed by atoms with Gasteiger partial charge in [-0.25, -0.2) is 12.8 Å². The Bertz CT molecular complexity index is 1480. The summed E-state index contributed by atoms with van der Waals surface area (Å²) in [6.07, 6.45) is 0.719. The summed E-state index contributed by atoms with van der Waals surface area (Å²) < 4.78 is 53.8. The largest absolute Gasteiger partial charge is 0.486 e. The molecule has 0 saturated heterocycles. The monoisotopic (exact) mass is 583 g/mol. The minimum Gasteiger partial charge on any atom is -0.486 e. The van der Waals surface area contributed by atoms with E-state index in [1.54, 1.807) is 6.92 Å². The Morgan fingerprint density at radius 1 is 0.976 bits per heavy atom. The Labute approximate surface area is 239 Å². The lowest BCUT2D eigenvalue weighted by atomic mass is 10.1. The number of nitrogens with one attached hydrogen (secondary N) is 1. The smallest absolute Gasteiger partial charge is 0.264 e. The van der Waals surface area contributed by atoms with Gasteiger partial charge in [-0.05, 0) is 62.2 Å². The molecule has 0 fully saturated rings. The molecule has 1 N–H and O–H groups in total. The normalized spacial score (nSPS) is 13.3. The number of benzene rings is 3. The molecule has 1 atom stereocenters. The third-order valence-electron chi connectivity index (χ3n) is 6.69. The van der Waals surface area contributed by atoms with Gasteiger partial charge in [0.2, 0.25) is 11.8 Å². The SMILES string of the molecule is CCCNC(=O)[C@@H](C)N(Cc1ccc(C)cc1)C(=O)CN(c1ccc(F)cc1)S(=O)(=O)c1ccc2c(c1)OCCO2. The molecule has 9 nitrogen and oxygen atoms in total. The number of rotatable bonds is 11. The van der Waals surface area contributed by atoms with Crippen LogP contribution in [0.4, 0.5) is 10.1 Å². The van der Waals surface area contributed by atoms with Crippen LogP contribution in [0.1, 0.15) is 31.4 Å². The van der Waals surface area contributed by atoms with Gasteiger partial charge in [-0.15, -0.1) is 0 Å². The van der Waals surface area contributed by atoms with Crippen LogP contribution in [-0.2, 0) is 26.2 Å². The Balaban J connectivity index is 1.71. The highest BCUT2D eigenvalue weighted by Gasteiger charge is 2.33.